The van der Waals surface area contributed by atoms with Crippen molar-refractivity contribution in [1.82, 2.24) is 4.90 Å². The summed E-state index contributed by atoms with van der Waals surface area (Å²) in [5, 5.41) is 0. The van der Waals surface area contributed by atoms with Gasteiger partial charge in [-0.25, -0.2) is 8.42 Å². The highest BCUT2D eigenvalue weighted by atomic mass is 32.2. The van der Waals surface area contributed by atoms with Gasteiger partial charge in [0.15, 0.2) is 16.4 Å². The Morgan fingerprint density at radius 1 is 1.25 bits per heavy atom. The van der Waals surface area contributed by atoms with Crippen LogP contribution >= 0.6 is 0 Å². The Bertz CT molecular complexity index is 712. The number of ether oxygens (including phenoxy) is 1. The number of likely N-dealkylation sites (N-methyl/N-ethyl adjacent to an activating group) is 1. The molecule has 0 spiro atoms. The lowest BCUT2D eigenvalue weighted by Gasteiger charge is -2.26. The number of carbonyl (C=O) groups is 2. The topological polar surface area (TPSA) is 80.8 Å². The molecule has 1 amide bonds. The van der Waals surface area contributed by atoms with Gasteiger partial charge in [-0.15, -0.1) is 0 Å². The SMILES string of the molecule is CN(C(=O)COC(=O)C(C)(C)c1ccccc1)[C@@H]1CCS(=O)(=O)C1. The zero-order chi connectivity index (χ0) is 18.0. The Balaban J connectivity index is 1.93. The van der Waals surface area contributed by atoms with Gasteiger partial charge in [0.05, 0.1) is 16.9 Å². The van der Waals surface area contributed by atoms with Crippen molar-refractivity contribution in [2.45, 2.75) is 31.7 Å². The average molecular weight is 353 g/mol. The lowest BCUT2D eigenvalue weighted by Crippen LogP contribution is -2.41. The maximum absolute atomic E-state index is 12.3. The third-order valence-corrected chi connectivity index (χ3v) is 6.23. The monoisotopic (exact) mass is 353 g/mol. The Kier molecular flexibility index (Phi) is 5.32. The van der Waals surface area contributed by atoms with E-state index in [2.05, 4.69) is 0 Å². The molecule has 0 aliphatic carbocycles. The number of nitrogens with zero attached hydrogens (tertiary/aromatic N) is 1. The summed E-state index contributed by atoms with van der Waals surface area (Å²) in [5.74, 6) is -0.821. The number of carbonyl (C=O) groups excluding carboxylic acids is 2. The zero-order valence-electron chi connectivity index (χ0n) is 14.2. The minimum Gasteiger partial charge on any atom is -0.455 e. The quantitative estimate of drug-likeness (QED) is 0.742. The molecule has 0 saturated carbocycles. The first-order valence-electron chi connectivity index (χ1n) is 7.82. The Labute approximate surface area is 142 Å². The molecule has 0 N–H and O–H groups in total. The highest BCUT2D eigenvalue weighted by molar-refractivity contribution is 7.91. The van der Waals surface area contributed by atoms with Crippen molar-refractivity contribution in [3.05, 3.63) is 35.9 Å². The molecule has 1 heterocycles. The van der Waals surface area contributed by atoms with Crippen LogP contribution in [0.25, 0.3) is 0 Å². The molecule has 0 radical (unpaired) electrons. The average Bonchev–Trinajstić information content (AvgIpc) is 2.92. The minimum absolute atomic E-state index is 0.0291. The molecule has 6 nitrogen and oxygen atoms in total. The molecule has 132 valence electrons. The van der Waals surface area contributed by atoms with Gasteiger partial charge in [0.25, 0.3) is 5.91 Å². The second-order valence-corrected chi connectivity index (χ2v) is 8.86. The first-order valence-corrected chi connectivity index (χ1v) is 9.64. The maximum atomic E-state index is 12.3. The van der Waals surface area contributed by atoms with Crippen LogP contribution in [0, 0.1) is 0 Å². The number of amides is 1. The summed E-state index contributed by atoms with van der Waals surface area (Å²) < 4.78 is 28.2. The van der Waals surface area contributed by atoms with Gasteiger partial charge in [0.1, 0.15) is 0 Å². The molecular formula is C17H23NO5S. The third-order valence-electron chi connectivity index (χ3n) is 4.48. The molecule has 24 heavy (non-hydrogen) atoms. The molecule has 0 bridgehead atoms. The van der Waals surface area contributed by atoms with Crippen molar-refractivity contribution in [1.29, 1.82) is 0 Å². The summed E-state index contributed by atoms with van der Waals surface area (Å²) in [7, 11) is -1.52. The smallest absolute Gasteiger partial charge is 0.316 e. The van der Waals surface area contributed by atoms with Crippen LogP contribution in [-0.4, -0.2) is 56.4 Å². The summed E-state index contributed by atoms with van der Waals surface area (Å²) in [4.78, 5) is 25.9. The van der Waals surface area contributed by atoms with E-state index in [1.165, 1.54) is 4.90 Å². The molecule has 0 unspecified atom stereocenters. The standard InChI is InChI=1S/C17H23NO5S/c1-17(2,13-7-5-4-6-8-13)16(20)23-11-15(19)18(3)14-9-10-24(21,22)12-14/h4-8,14H,9-12H2,1-3H3/t14-/m1/s1. The van der Waals surface area contributed by atoms with Crippen molar-refractivity contribution in [2.24, 2.45) is 0 Å². The van der Waals surface area contributed by atoms with E-state index >= 15 is 0 Å². The van der Waals surface area contributed by atoms with E-state index in [1.807, 2.05) is 30.3 Å². The van der Waals surface area contributed by atoms with Gasteiger partial charge < -0.3 is 9.64 Å². The molecule has 1 atom stereocenters. The first-order chi connectivity index (χ1) is 11.1. The van der Waals surface area contributed by atoms with Gasteiger partial charge in [-0.1, -0.05) is 30.3 Å². The van der Waals surface area contributed by atoms with Crippen molar-refractivity contribution in [2.75, 3.05) is 25.2 Å². The summed E-state index contributed by atoms with van der Waals surface area (Å²) >= 11 is 0. The minimum atomic E-state index is -3.07. The largest absolute Gasteiger partial charge is 0.455 e. The van der Waals surface area contributed by atoms with E-state index in [9.17, 15) is 18.0 Å². The molecule has 7 heteroatoms. The van der Waals surface area contributed by atoms with Gasteiger partial charge in [0, 0.05) is 13.1 Å². The summed E-state index contributed by atoms with van der Waals surface area (Å²) in [6.07, 6.45) is 0.425. The second kappa shape index (κ2) is 6.93. The third kappa shape index (κ3) is 4.14. The van der Waals surface area contributed by atoms with Gasteiger partial charge in [0.2, 0.25) is 0 Å². The predicted molar refractivity (Wildman–Crippen MR) is 90.3 cm³/mol. The number of esters is 1. The second-order valence-electron chi connectivity index (χ2n) is 6.63. The van der Waals surface area contributed by atoms with E-state index in [-0.39, 0.29) is 24.2 Å². The fourth-order valence-corrected chi connectivity index (χ4v) is 4.44. The molecule has 0 aromatic heterocycles. The Morgan fingerprint density at radius 2 is 1.88 bits per heavy atom. The van der Waals surface area contributed by atoms with Gasteiger partial charge in [-0.3, -0.25) is 9.59 Å². The van der Waals surface area contributed by atoms with E-state index in [4.69, 9.17) is 4.74 Å². The molecule has 1 saturated heterocycles. The highest BCUT2D eigenvalue weighted by Crippen LogP contribution is 2.24. The van der Waals surface area contributed by atoms with Crippen LogP contribution in [0.5, 0.6) is 0 Å². The molecule has 2 rings (SSSR count). The maximum Gasteiger partial charge on any atom is 0.316 e. The lowest BCUT2D eigenvalue weighted by molar-refractivity contribution is -0.156. The van der Waals surface area contributed by atoms with Crippen molar-refractivity contribution in [3.63, 3.8) is 0 Å². The van der Waals surface area contributed by atoms with Crippen LogP contribution in [0.2, 0.25) is 0 Å². The Hall–Kier alpha value is -1.89. The lowest BCUT2D eigenvalue weighted by atomic mass is 9.85. The van der Waals surface area contributed by atoms with E-state index < -0.39 is 27.1 Å². The van der Waals surface area contributed by atoms with Crippen molar-refractivity contribution < 1.29 is 22.7 Å². The molecule has 1 aromatic rings. The van der Waals surface area contributed by atoms with Crippen molar-refractivity contribution >= 4 is 21.7 Å². The number of hydrogen-bond acceptors (Lipinski definition) is 5. The molecule has 1 aliphatic heterocycles. The molecule has 1 aliphatic rings. The van der Waals surface area contributed by atoms with E-state index in [0.717, 1.165) is 5.56 Å². The van der Waals surface area contributed by atoms with Gasteiger partial charge in [-0.2, -0.15) is 0 Å². The fourth-order valence-electron chi connectivity index (χ4n) is 2.67. The fraction of sp³-hybridized carbons (Fsp3) is 0.529. The zero-order valence-corrected chi connectivity index (χ0v) is 15.0. The van der Waals surface area contributed by atoms with Crippen LogP contribution in [-0.2, 0) is 29.6 Å². The first kappa shape index (κ1) is 18.4. The molecular weight excluding hydrogens is 330 g/mol. The number of sulfone groups is 1. The van der Waals surface area contributed by atoms with Crippen LogP contribution in [0.3, 0.4) is 0 Å². The predicted octanol–water partition coefficient (Wildman–Crippen LogP) is 1.15. The van der Waals surface area contributed by atoms with Gasteiger partial charge >= 0.3 is 5.97 Å². The van der Waals surface area contributed by atoms with Crippen LogP contribution < -0.4 is 0 Å². The number of hydrogen-bond donors (Lipinski definition) is 0. The Morgan fingerprint density at radius 3 is 2.42 bits per heavy atom. The summed E-state index contributed by atoms with van der Waals surface area (Å²) in [6, 6.07) is 8.85. The van der Waals surface area contributed by atoms with E-state index in [1.54, 1.807) is 20.9 Å². The van der Waals surface area contributed by atoms with Crippen LogP contribution in [0.15, 0.2) is 30.3 Å². The van der Waals surface area contributed by atoms with Crippen LogP contribution in [0.1, 0.15) is 25.8 Å². The number of benzene rings is 1. The normalized spacial score (nSPS) is 19.7. The van der Waals surface area contributed by atoms with Crippen LogP contribution in [0.4, 0.5) is 0 Å². The summed E-state index contributed by atoms with van der Waals surface area (Å²) in [5.41, 5.74) is -0.0609. The highest BCUT2D eigenvalue weighted by Gasteiger charge is 2.35. The van der Waals surface area contributed by atoms with E-state index in [0.29, 0.717) is 6.42 Å². The summed E-state index contributed by atoms with van der Waals surface area (Å²) in [6.45, 7) is 3.09. The number of rotatable bonds is 5. The van der Waals surface area contributed by atoms with Gasteiger partial charge in [-0.05, 0) is 25.8 Å². The molecule has 1 aromatic carbocycles. The molecule has 1 fully saturated rings. The van der Waals surface area contributed by atoms with Crippen molar-refractivity contribution in [3.8, 4) is 0 Å².